The van der Waals surface area contributed by atoms with Gasteiger partial charge in [0.05, 0.1) is 17.0 Å². The van der Waals surface area contributed by atoms with Gasteiger partial charge in [0.25, 0.3) is 0 Å². The Hall–Kier alpha value is -3.68. The molecule has 0 spiro atoms. The zero-order valence-electron chi connectivity index (χ0n) is 18.5. The van der Waals surface area contributed by atoms with Gasteiger partial charge in [-0.2, -0.15) is 4.98 Å². The van der Waals surface area contributed by atoms with E-state index in [1.54, 1.807) is 4.90 Å². The third kappa shape index (κ3) is 3.46. The lowest BCUT2D eigenvalue weighted by atomic mass is 10.1. The number of aryl methyl sites for hydroxylation is 1. The summed E-state index contributed by atoms with van der Waals surface area (Å²) in [7, 11) is 0. The third-order valence-corrected chi connectivity index (χ3v) is 6.93. The minimum atomic E-state index is -0.146. The summed E-state index contributed by atoms with van der Waals surface area (Å²) in [6.07, 6.45) is 4.76. The van der Waals surface area contributed by atoms with Gasteiger partial charge in [-0.05, 0) is 50.1 Å². The average Bonchev–Trinajstić information content (AvgIpc) is 3.59. The minimum Gasteiger partial charge on any atom is -0.339 e. The van der Waals surface area contributed by atoms with Gasteiger partial charge in [0.1, 0.15) is 0 Å². The molecule has 8 heteroatoms. The first kappa shape index (κ1) is 20.0. The van der Waals surface area contributed by atoms with Crippen LogP contribution in [0.1, 0.15) is 55.5 Å². The van der Waals surface area contributed by atoms with E-state index in [-0.39, 0.29) is 23.6 Å². The zero-order valence-corrected chi connectivity index (χ0v) is 18.5. The van der Waals surface area contributed by atoms with E-state index in [1.165, 1.54) is 12.8 Å². The van der Waals surface area contributed by atoms with Gasteiger partial charge in [0.2, 0.25) is 17.6 Å². The number of H-pyrrole nitrogens is 1. The van der Waals surface area contributed by atoms with Gasteiger partial charge in [-0.3, -0.25) is 9.36 Å². The molecule has 0 unspecified atom stereocenters. The minimum absolute atomic E-state index is 0.0517. The van der Waals surface area contributed by atoms with Crippen molar-refractivity contribution in [2.24, 2.45) is 0 Å². The molecule has 2 aliphatic rings. The molecule has 1 aliphatic carbocycles. The zero-order chi connectivity index (χ0) is 22.5. The highest BCUT2D eigenvalue weighted by Gasteiger charge is 2.35. The van der Waals surface area contributed by atoms with E-state index in [4.69, 9.17) is 4.52 Å². The normalized spacial score (nSPS) is 19.2. The summed E-state index contributed by atoms with van der Waals surface area (Å²) in [5.41, 5.74) is 4.43. The van der Waals surface area contributed by atoms with Crippen LogP contribution in [-0.2, 0) is 4.79 Å². The van der Waals surface area contributed by atoms with E-state index in [0.717, 1.165) is 40.7 Å². The van der Waals surface area contributed by atoms with E-state index in [2.05, 4.69) is 15.1 Å². The van der Waals surface area contributed by atoms with Crippen LogP contribution < -0.4 is 10.6 Å². The van der Waals surface area contributed by atoms with Crippen LogP contribution in [0.3, 0.4) is 0 Å². The number of imidazole rings is 1. The summed E-state index contributed by atoms with van der Waals surface area (Å²) in [5, 5.41) is 4.16. The van der Waals surface area contributed by atoms with Crippen LogP contribution in [0.5, 0.6) is 0 Å². The van der Waals surface area contributed by atoms with Crippen molar-refractivity contribution in [2.75, 3.05) is 11.4 Å². The van der Waals surface area contributed by atoms with Gasteiger partial charge in [0, 0.05) is 30.3 Å². The van der Waals surface area contributed by atoms with Crippen molar-refractivity contribution in [3.63, 3.8) is 0 Å². The van der Waals surface area contributed by atoms with Gasteiger partial charge < -0.3 is 14.4 Å². The third-order valence-electron chi connectivity index (χ3n) is 6.93. The fourth-order valence-electron chi connectivity index (χ4n) is 5.16. The van der Waals surface area contributed by atoms with E-state index in [0.29, 0.717) is 24.7 Å². The number of anilines is 1. The lowest BCUT2D eigenvalue weighted by Crippen LogP contribution is -2.24. The van der Waals surface area contributed by atoms with Gasteiger partial charge >= 0.3 is 5.69 Å². The van der Waals surface area contributed by atoms with Crippen LogP contribution in [-0.4, -0.2) is 32.1 Å². The summed E-state index contributed by atoms with van der Waals surface area (Å²) in [4.78, 5) is 34.5. The van der Waals surface area contributed by atoms with E-state index < -0.39 is 0 Å². The molecule has 2 aromatic heterocycles. The Labute approximate surface area is 190 Å². The van der Waals surface area contributed by atoms with Crippen molar-refractivity contribution in [1.29, 1.82) is 0 Å². The Morgan fingerprint density at radius 1 is 1.06 bits per heavy atom. The summed E-state index contributed by atoms with van der Waals surface area (Å²) in [5.74, 6) is 0.829. The molecular weight excluding hydrogens is 418 g/mol. The first-order chi connectivity index (χ1) is 16.1. The number of fused-ring (bicyclic) bond motifs is 1. The second-order valence-electron chi connectivity index (χ2n) is 9.17. The Morgan fingerprint density at radius 2 is 1.85 bits per heavy atom. The summed E-state index contributed by atoms with van der Waals surface area (Å²) in [6.45, 7) is 2.54. The van der Waals surface area contributed by atoms with Crippen LogP contribution in [0.25, 0.3) is 22.4 Å². The molecule has 1 saturated heterocycles. The molecule has 2 aromatic carbocycles. The van der Waals surface area contributed by atoms with Crippen molar-refractivity contribution in [3.05, 3.63) is 64.4 Å². The molecule has 6 rings (SSSR count). The van der Waals surface area contributed by atoms with Gasteiger partial charge in [-0.1, -0.05) is 35.7 Å². The number of nitrogens with one attached hydrogen (secondary N) is 1. The number of amides is 1. The lowest BCUT2D eigenvalue weighted by molar-refractivity contribution is -0.117. The van der Waals surface area contributed by atoms with Crippen LogP contribution in [0.4, 0.5) is 5.69 Å². The largest absolute Gasteiger partial charge is 0.339 e. The molecule has 1 amide bonds. The van der Waals surface area contributed by atoms with Crippen molar-refractivity contribution in [3.8, 4) is 11.4 Å². The second kappa shape index (κ2) is 7.72. The Morgan fingerprint density at radius 3 is 2.64 bits per heavy atom. The van der Waals surface area contributed by atoms with Gasteiger partial charge in [-0.25, -0.2) is 4.79 Å². The quantitative estimate of drug-likeness (QED) is 0.507. The monoisotopic (exact) mass is 443 g/mol. The number of hydrogen-bond acceptors (Lipinski definition) is 5. The van der Waals surface area contributed by atoms with E-state index in [1.807, 2.05) is 54.0 Å². The fraction of sp³-hybridized carbons (Fsp3) is 0.360. The van der Waals surface area contributed by atoms with Gasteiger partial charge in [0.15, 0.2) is 0 Å². The molecule has 1 atom stereocenters. The number of carbonyl (C=O) groups is 1. The SMILES string of the molecule is Cc1ccc(N2C[C@@H](c3nc(-c4ccc5c(c4)[nH]c(=O)n5C4CCCC4)no3)CC2=O)cc1. The first-order valence-corrected chi connectivity index (χ1v) is 11.5. The molecule has 1 saturated carbocycles. The molecule has 0 radical (unpaired) electrons. The maximum Gasteiger partial charge on any atom is 0.326 e. The number of rotatable bonds is 4. The fourth-order valence-corrected chi connectivity index (χ4v) is 5.16. The molecule has 1 aliphatic heterocycles. The molecule has 2 fully saturated rings. The number of nitrogens with zero attached hydrogens (tertiary/aromatic N) is 4. The summed E-state index contributed by atoms with van der Waals surface area (Å²) >= 11 is 0. The van der Waals surface area contributed by atoms with E-state index >= 15 is 0 Å². The topological polar surface area (TPSA) is 97.0 Å². The molecule has 8 nitrogen and oxygen atoms in total. The maximum atomic E-state index is 12.6. The number of hydrogen-bond donors (Lipinski definition) is 1. The summed E-state index contributed by atoms with van der Waals surface area (Å²) < 4.78 is 7.45. The predicted octanol–water partition coefficient (Wildman–Crippen LogP) is 4.32. The Balaban J connectivity index is 1.26. The molecule has 3 heterocycles. The number of carbonyl (C=O) groups excluding carboxylic acids is 1. The molecule has 168 valence electrons. The molecule has 0 bridgehead atoms. The van der Waals surface area contributed by atoms with Crippen LogP contribution >= 0.6 is 0 Å². The van der Waals surface area contributed by atoms with Crippen molar-refractivity contribution < 1.29 is 9.32 Å². The van der Waals surface area contributed by atoms with Crippen LogP contribution in [0.15, 0.2) is 51.8 Å². The highest BCUT2D eigenvalue weighted by atomic mass is 16.5. The smallest absolute Gasteiger partial charge is 0.326 e. The van der Waals surface area contributed by atoms with Gasteiger partial charge in [-0.15, -0.1) is 0 Å². The lowest BCUT2D eigenvalue weighted by Gasteiger charge is -2.16. The Kier molecular flexibility index (Phi) is 4.67. The second-order valence-corrected chi connectivity index (χ2v) is 9.17. The molecule has 4 aromatic rings. The average molecular weight is 444 g/mol. The maximum absolute atomic E-state index is 12.6. The number of aromatic amines is 1. The number of benzene rings is 2. The Bertz CT molecular complexity index is 1390. The number of aromatic nitrogens is 4. The first-order valence-electron chi connectivity index (χ1n) is 11.5. The summed E-state index contributed by atoms with van der Waals surface area (Å²) in [6, 6.07) is 14.0. The molecule has 33 heavy (non-hydrogen) atoms. The van der Waals surface area contributed by atoms with Crippen LogP contribution in [0.2, 0.25) is 0 Å². The van der Waals surface area contributed by atoms with E-state index in [9.17, 15) is 9.59 Å². The molecule has 1 N–H and O–H groups in total. The van der Waals surface area contributed by atoms with Crippen molar-refractivity contribution in [2.45, 2.75) is 51.0 Å². The highest BCUT2D eigenvalue weighted by Crippen LogP contribution is 2.34. The highest BCUT2D eigenvalue weighted by molar-refractivity contribution is 5.96. The standard InChI is InChI=1S/C25H25N5O3/c1-15-6-9-18(10-7-15)29-14-17(13-22(29)31)24-27-23(28-33-24)16-8-11-21-20(12-16)26-25(32)30(21)19-4-2-3-5-19/h6-12,17,19H,2-5,13-14H2,1H3,(H,26,32)/t17-/m0/s1. The van der Waals surface area contributed by atoms with Crippen molar-refractivity contribution >= 4 is 22.6 Å². The van der Waals surface area contributed by atoms with Crippen LogP contribution in [0, 0.1) is 6.92 Å². The van der Waals surface area contributed by atoms with Crippen molar-refractivity contribution in [1.82, 2.24) is 19.7 Å². The predicted molar refractivity (Wildman–Crippen MR) is 124 cm³/mol. The molecular formula is C25H25N5O3.